The lowest BCUT2D eigenvalue weighted by atomic mass is 10.1. The quantitative estimate of drug-likeness (QED) is 0.894. The summed E-state index contributed by atoms with van der Waals surface area (Å²) in [5.41, 5.74) is 0.0318. The molecule has 3 rings (SSSR count). The second-order valence-electron chi connectivity index (χ2n) is 4.94. The summed E-state index contributed by atoms with van der Waals surface area (Å²) in [6.07, 6.45) is -2.66. The third-order valence-electron chi connectivity index (χ3n) is 3.51. The molecule has 1 unspecified atom stereocenters. The first-order valence-electron chi connectivity index (χ1n) is 6.18. The van der Waals surface area contributed by atoms with E-state index >= 15 is 0 Å². The molecule has 1 atom stereocenters. The Labute approximate surface area is 108 Å². The van der Waals surface area contributed by atoms with E-state index in [-0.39, 0.29) is 24.7 Å². The van der Waals surface area contributed by atoms with Crippen LogP contribution in [0.1, 0.15) is 30.1 Å². The van der Waals surface area contributed by atoms with E-state index in [1.165, 1.54) is 12.1 Å². The molecule has 1 amide bonds. The number of benzene rings is 1. The lowest BCUT2D eigenvalue weighted by molar-refractivity contribution is -0.137. The van der Waals surface area contributed by atoms with Gasteiger partial charge in [-0.2, -0.15) is 13.2 Å². The van der Waals surface area contributed by atoms with Crippen LogP contribution in [0.3, 0.4) is 0 Å². The summed E-state index contributed by atoms with van der Waals surface area (Å²) >= 11 is 0. The minimum atomic E-state index is -4.33. The van der Waals surface area contributed by atoms with Crippen LogP contribution in [0.5, 0.6) is 0 Å². The number of halogens is 3. The molecule has 0 bridgehead atoms. The zero-order valence-electron chi connectivity index (χ0n) is 10.1. The van der Waals surface area contributed by atoms with Crippen molar-refractivity contribution in [3.05, 3.63) is 35.4 Å². The van der Waals surface area contributed by atoms with Crippen LogP contribution in [0, 0.1) is 0 Å². The number of nitrogens with one attached hydrogen (secondary N) is 1. The molecule has 19 heavy (non-hydrogen) atoms. The molecule has 3 nitrogen and oxygen atoms in total. The molecule has 6 heteroatoms. The highest BCUT2D eigenvalue weighted by Crippen LogP contribution is 2.36. The largest absolute Gasteiger partial charge is 0.416 e. The summed E-state index contributed by atoms with van der Waals surface area (Å²) in [6, 6.07) is 5.24. The van der Waals surface area contributed by atoms with Crippen LogP contribution < -0.4 is 5.32 Å². The number of hydrogen-bond acceptors (Lipinski definition) is 2. The van der Waals surface area contributed by atoms with Crippen LogP contribution in [-0.2, 0) is 11.0 Å². The van der Waals surface area contributed by atoms with Crippen molar-refractivity contribution in [3.8, 4) is 0 Å². The van der Waals surface area contributed by atoms with Crippen LogP contribution in [0.15, 0.2) is 24.3 Å². The van der Waals surface area contributed by atoms with E-state index < -0.39 is 11.7 Å². The number of nitrogens with zero attached hydrogens (tertiary/aromatic N) is 1. The van der Waals surface area contributed by atoms with Crippen molar-refractivity contribution >= 4 is 5.91 Å². The van der Waals surface area contributed by atoms with E-state index in [2.05, 4.69) is 5.32 Å². The van der Waals surface area contributed by atoms with E-state index in [4.69, 9.17) is 0 Å². The Morgan fingerprint density at radius 3 is 2.32 bits per heavy atom. The second kappa shape index (κ2) is 4.23. The summed E-state index contributed by atoms with van der Waals surface area (Å²) in [7, 11) is 0. The average molecular weight is 270 g/mol. The Bertz CT molecular complexity index is 494. The number of carbonyl (C=O) groups is 1. The molecule has 1 aliphatic heterocycles. The van der Waals surface area contributed by atoms with Crippen LogP contribution in [0.2, 0.25) is 0 Å². The van der Waals surface area contributed by atoms with Crippen molar-refractivity contribution in [2.24, 2.45) is 0 Å². The van der Waals surface area contributed by atoms with Gasteiger partial charge in [0.25, 0.3) is 0 Å². The van der Waals surface area contributed by atoms with Gasteiger partial charge in [-0.05, 0) is 30.5 Å². The highest BCUT2D eigenvalue weighted by atomic mass is 19.4. The molecule has 1 aromatic rings. The third kappa shape index (κ3) is 2.32. The van der Waals surface area contributed by atoms with Crippen molar-refractivity contribution in [3.63, 3.8) is 0 Å². The van der Waals surface area contributed by atoms with Gasteiger partial charge in [-0.15, -0.1) is 0 Å². The van der Waals surface area contributed by atoms with Crippen LogP contribution in [0.25, 0.3) is 0 Å². The van der Waals surface area contributed by atoms with Crippen molar-refractivity contribution in [2.75, 3.05) is 6.54 Å². The summed E-state index contributed by atoms with van der Waals surface area (Å²) in [4.78, 5) is 13.5. The predicted molar refractivity (Wildman–Crippen MR) is 62.1 cm³/mol. The Balaban J connectivity index is 1.84. The SMILES string of the molecule is O=C1CNC(c2ccc(C(F)(F)F)cc2)N1C1CC1. The van der Waals surface area contributed by atoms with Gasteiger partial charge in [0.05, 0.1) is 12.1 Å². The number of amides is 1. The smallest absolute Gasteiger partial charge is 0.319 e. The first-order chi connectivity index (χ1) is 8.97. The fourth-order valence-electron chi connectivity index (χ4n) is 2.42. The zero-order chi connectivity index (χ0) is 13.6. The fourth-order valence-corrected chi connectivity index (χ4v) is 2.42. The van der Waals surface area contributed by atoms with Gasteiger partial charge in [0, 0.05) is 6.04 Å². The lowest BCUT2D eigenvalue weighted by Gasteiger charge is -2.24. The maximum absolute atomic E-state index is 12.5. The lowest BCUT2D eigenvalue weighted by Crippen LogP contribution is -2.32. The van der Waals surface area contributed by atoms with Crippen molar-refractivity contribution in [1.82, 2.24) is 10.2 Å². The monoisotopic (exact) mass is 270 g/mol. The second-order valence-corrected chi connectivity index (χ2v) is 4.94. The van der Waals surface area contributed by atoms with Crippen molar-refractivity contribution < 1.29 is 18.0 Å². The van der Waals surface area contributed by atoms with Crippen LogP contribution in [-0.4, -0.2) is 23.4 Å². The molecular weight excluding hydrogens is 257 g/mol. The molecule has 1 aliphatic carbocycles. The third-order valence-corrected chi connectivity index (χ3v) is 3.51. The molecular formula is C13H13F3N2O. The Morgan fingerprint density at radius 2 is 1.79 bits per heavy atom. The van der Waals surface area contributed by atoms with Crippen molar-refractivity contribution in [1.29, 1.82) is 0 Å². The van der Waals surface area contributed by atoms with E-state index in [0.29, 0.717) is 5.56 Å². The summed E-state index contributed by atoms with van der Waals surface area (Å²) < 4.78 is 37.5. The highest BCUT2D eigenvalue weighted by Gasteiger charge is 2.41. The van der Waals surface area contributed by atoms with Gasteiger partial charge in [0.1, 0.15) is 6.17 Å². The highest BCUT2D eigenvalue weighted by molar-refractivity contribution is 5.81. The number of hydrogen-bond donors (Lipinski definition) is 1. The van der Waals surface area contributed by atoms with E-state index in [1.54, 1.807) is 4.90 Å². The molecule has 1 heterocycles. The number of carbonyl (C=O) groups excluding carboxylic acids is 1. The van der Waals surface area contributed by atoms with Crippen LogP contribution in [0.4, 0.5) is 13.2 Å². The molecule has 2 aliphatic rings. The van der Waals surface area contributed by atoms with Gasteiger partial charge >= 0.3 is 6.18 Å². The summed E-state index contributed by atoms with van der Waals surface area (Å²) in [5, 5.41) is 3.05. The molecule has 0 aromatic heterocycles. The fraction of sp³-hybridized carbons (Fsp3) is 0.462. The van der Waals surface area contributed by atoms with Gasteiger partial charge in [-0.25, -0.2) is 0 Å². The van der Waals surface area contributed by atoms with Gasteiger partial charge in [-0.1, -0.05) is 12.1 Å². The molecule has 102 valence electrons. The first-order valence-corrected chi connectivity index (χ1v) is 6.18. The van der Waals surface area contributed by atoms with Gasteiger partial charge in [0.2, 0.25) is 5.91 Å². The summed E-state index contributed by atoms with van der Waals surface area (Å²) in [5.74, 6) is 0.0207. The van der Waals surface area contributed by atoms with Gasteiger partial charge in [-0.3, -0.25) is 10.1 Å². The topological polar surface area (TPSA) is 32.3 Å². The molecule has 0 radical (unpaired) electrons. The zero-order valence-corrected chi connectivity index (χ0v) is 10.1. The predicted octanol–water partition coefficient (Wildman–Crippen LogP) is 2.30. The summed E-state index contributed by atoms with van der Waals surface area (Å²) in [6.45, 7) is 0.252. The van der Waals surface area contributed by atoms with E-state index in [1.807, 2.05) is 0 Å². The minimum Gasteiger partial charge on any atom is -0.319 e. The first kappa shape index (κ1) is 12.5. The maximum atomic E-state index is 12.5. The molecule has 2 fully saturated rings. The van der Waals surface area contributed by atoms with E-state index in [9.17, 15) is 18.0 Å². The van der Waals surface area contributed by atoms with Crippen LogP contribution >= 0.6 is 0 Å². The normalized spacial score (nSPS) is 24.1. The molecule has 1 N–H and O–H groups in total. The van der Waals surface area contributed by atoms with Gasteiger partial charge < -0.3 is 4.90 Å². The van der Waals surface area contributed by atoms with Gasteiger partial charge in [0.15, 0.2) is 0 Å². The van der Waals surface area contributed by atoms with Crippen molar-refractivity contribution in [2.45, 2.75) is 31.2 Å². The number of rotatable bonds is 2. The maximum Gasteiger partial charge on any atom is 0.416 e. The molecule has 1 saturated carbocycles. The Morgan fingerprint density at radius 1 is 1.16 bits per heavy atom. The molecule has 1 aromatic carbocycles. The number of alkyl halides is 3. The Kier molecular flexibility index (Phi) is 2.78. The average Bonchev–Trinajstić information content (AvgIpc) is 3.12. The standard InChI is InChI=1S/C13H13F3N2O/c14-13(15,16)9-3-1-8(2-4-9)12-17-7-11(19)18(12)10-5-6-10/h1-4,10,12,17H,5-7H2. The molecule has 1 saturated heterocycles. The molecule has 0 spiro atoms. The van der Waals surface area contributed by atoms with E-state index in [0.717, 1.165) is 25.0 Å². The minimum absolute atomic E-state index is 0.0207. The Hall–Kier alpha value is -1.56.